The Morgan fingerprint density at radius 3 is 2.76 bits per heavy atom. The van der Waals surface area contributed by atoms with Crippen molar-refractivity contribution in [2.24, 2.45) is 0 Å². The second-order valence-corrected chi connectivity index (χ2v) is 5.96. The quantitative estimate of drug-likeness (QED) is 0.583. The van der Waals surface area contributed by atoms with E-state index in [4.69, 9.17) is 5.11 Å². The first-order valence-corrected chi connectivity index (χ1v) is 8.31. The normalized spacial score (nSPS) is 10.5. The Morgan fingerprint density at radius 2 is 2.04 bits per heavy atom. The van der Waals surface area contributed by atoms with Crippen LogP contribution in [-0.2, 0) is 0 Å². The van der Waals surface area contributed by atoms with Crippen molar-refractivity contribution >= 4 is 33.4 Å². The maximum atomic E-state index is 13.7. The summed E-state index contributed by atoms with van der Waals surface area (Å²) in [5.74, 6) is 0.483. The zero-order valence-corrected chi connectivity index (χ0v) is 14.7. The van der Waals surface area contributed by atoms with Crippen LogP contribution in [0, 0.1) is 5.82 Å². The highest BCUT2D eigenvalue weighted by molar-refractivity contribution is 9.10. The van der Waals surface area contributed by atoms with Gasteiger partial charge in [0.1, 0.15) is 11.6 Å². The van der Waals surface area contributed by atoms with E-state index in [0.717, 1.165) is 5.56 Å². The molecule has 0 radical (unpaired) electrons. The van der Waals surface area contributed by atoms with Gasteiger partial charge < -0.3 is 15.7 Å². The largest absolute Gasteiger partial charge is 0.395 e. The molecule has 0 spiro atoms. The number of benzene rings is 1. The summed E-state index contributed by atoms with van der Waals surface area (Å²) in [6.07, 6.45) is 3.38. The van der Waals surface area contributed by atoms with Crippen molar-refractivity contribution < 1.29 is 9.50 Å². The molecule has 0 saturated heterocycles. The number of halogens is 2. The van der Waals surface area contributed by atoms with Gasteiger partial charge in [-0.1, -0.05) is 0 Å². The maximum Gasteiger partial charge on any atom is 0.225 e. The van der Waals surface area contributed by atoms with Gasteiger partial charge in [0.25, 0.3) is 0 Å². The molecule has 2 heterocycles. The minimum absolute atomic E-state index is 0.0405. The van der Waals surface area contributed by atoms with Crippen molar-refractivity contribution in [3.63, 3.8) is 0 Å². The van der Waals surface area contributed by atoms with Crippen LogP contribution in [0.5, 0.6) is 0 Å². The average molecular weight is 404 g/mol. The van der Waals surface area contributed by atoms with Gasteiger partial charge in [-0.15, -0.1) is 0 Å². The summed E-state index contributed by atoms with van der Waals surface area (Å²) in [6.45, 7) is 0.282. The first-order valence-electron chi connectivity index (χ1n) is 7.52. The number of anilines is 3. The van der Waals surface area contributed by atoms with Gasteiger partial charge in [0.05, 0.1) is 16.8 Å². The minimum atomic E-state index is -0.370. The Kier molecular flexibility index (Phi) is 5.52. The number of nitrogens with one attached hydrogen (secondary N) is 2. The Hall–Kier alpha value is -2.58. The Morgan fingerprint density at radius 1 is 1.16 bits per heavy atom. The molecule has 0 atom stereocenters. The lowest BCUT2D eigenvalue weighted by atomic mass is 10.2. The molecule has 0 saturated carbocycles. The first kappa shape index (κ1) is 17.2. The van der Waals surface area contributed by atoms with Crippen LogP contribution in [-0.4, -0.2) is 33.2 Å². The number of nitrogens with zero attached hydrogens (tertiary/aromatic N) is 3. The van der Waals surface area contributed by atoms with Gasteiger partial charge in [-0.05, 0) is 46.3 Å². The topological polar surface area (TPSA) is 83.0 Å². The van der Waals surface area contributed by atoms with Crippen LogP contribution in [0.3, 0.4) is 0 Å². The fraction of sp³-hybridized carbons (Fsp3) is 0.118. The van der Waals surface area contributed by atoms with E-state index >= 15 is 0 Å². The highest BCUT2D eigenvalue weighted by Gasteiger charge is 2.08. The van der Waals surface area contributed by atoms with Crippen LogP contribution < -0.4 is 10.6 Å². The summed E-state index contributed by atoms with van der Waals surface area (Å²) in [5, 5.41) is 15.0. The number of hydrogen-bond acceptors (Lipinski definition) is 6. The summed E-state index contributed by atoms with van der Waals surface area (Å²) >= 11 is 3.13. The number of aromatic nitrogens is 3. The van der Waals surface area contributed by atoms with Crippen LogP contribution in [0.25, 0.3) is 11.3 Å². The fourth-order valence-electron chi connectivity index (χ4n) is 2.14. The smallest absolute Gasteiger partial charge is 0.225 e. The Balaban J connectivity index is 1.95. The maximum absolute atomic E-state index is 13.7. The monoisotopic (exact) mass is 403 g/mol. The van der Waals surface area contributed by atoms with Gasteiger partial charge in [-0.2, -0.15) is 4.98 Å². The van der Waals surface area contributed by atoms with Gasteiger partial charge in [-0.25, -0.2) is 9.37 Å². The highest BCUT2D eigenvalue weighted by atomic mass is 79.9. The van der Waals surface area contributed by atoms with E-state index in [-0.39, 0.29) is 12.4 Å². The van der Waals surface area contributed by atoms with E-state index in [1.54, 1.807) is 30.6 Å². The standard InChI is InChI=1S/C17H15BrFN5O/c18-13-4-3-12(8-14(13)19)22-16-9-15(11-2-1-5-20-10-11)23-17(24-16)21-6-7-25/h1-5,8-10,25H,6-7H2,(H2,21,22,23,24). The molecule has 25 heavy (non-hydrogen) atoms. The van der Waals surface area contributed by atoms with Crippen molar-refractivity contribution in [2.75, 3.05) is 23.8 Å². The second kappa shape index (κ2) is 8.00. The number of rotatable bonds is 6. The van der Waals surface area contributed by atoms with Crippen molar-refractivity contribution in [1.29, 1.82) is 0 Å². The summed E-state index contributed by atoms with van der Waals surface area (Å²) in [5.41, 5.74) is 2.04. The molecule has 0 fully saturated rings. The molecule has 0 aliphatic carbocycles. The van der Waals surface area contributed by atoms with Crippen molar-refractivity contribution in [3.8, 4) is 11.3 Å². The predicted molar refractivity (Wildman–Crippen MR) is 98.2 cm³/mol. The minimum Gasteiger partial charge on any atom is -0.395 e. The van der Waals surface area contributed by atoms with Crippen LogP contribution in [0.15, 0.2) is 53.3 Å². The molecule has 0 bridgehead atoms. The average Bonchev–Trinajstić information content (AvgIpc) is 2.63. The molecule has 1 aromatic carbocycles. The number of aliphatic hydroxyl groups is 1. The third-order valence-electron chi connectivity index (χ3n) is 3.27. The van der Waals surface area contributed by atoms with Crippen molar-refractivity contribution in [2.45, 2.75) is 0 Å². The molecule has 3 N–H and O–H groups in total. The molecule has 0 aliphatic rings. The molecule has 0 unspecified atom stereocenters. The van der Waals surface area contributed by atoms with E-state index < -0.39 is 0 Å². The molecule has 2 aromatic heterocycles. The summed E-state index contributed by atoms with van der Waals surface area (Å²) < 4.78 is 14.1. The van der Waals surface area contributed by atoms with Gasteiger partial charge in [0.15, 0.2) is 0 Å². The number of aliphatic hydroxyl groups excluding tert-OH is 1. The lowest BCUT2D eigenvalue weighted by Crippen LogP contribution is -2.10. The van der Waals surface area contributed by atoms with Crippen LogP contribution in [0.2, 0.25) is 0 Å². The van der Waals surface area contributed by atoms with Crippen molar-refractivity contribution in [1.82, 2.24) is 15.0 Å². The first-order chi connectivity index (χ1) is 12.2. The Bertz CT molecular complexity index is 863. The zero-order chi connectivity index (χ0) is 17.6. The van der Waals surface area contributed by atoms with Crippen LogP contribution >= 0.6 is 15.9 Å². The molecule has 6 nitrogen and oxygen atoms in total. The predicted octanol–water partition coefficient (Wildman–Crippen LogP) is 3.59. The van der Waals surface area contributed by atoms with Crippen LogP contribution in [0.1, 0.15) is 0 Å². The molecule has 8 heteroatoms. The lowest BCUT2D eigenvalue weighted by molar-refractivity contribution is 0.311. The van der Waals surface area contributed by atoms with E-state index in [1.807, 2.05) is 12.1 Å². The summed E-state index contributed by atoms with van der Waals surface area (Å²) in [7, 11) is 0. The van der Waals surface area contributed by atoms with Gasteiger partial charge in [0.2, 0.25) is 5.95 Å². The van der Waals surface area contributed by atoms with Gasteiger partial charge >= 0.3 is 0 Å². The number of hydrogen-bond donors (Lipinski definition) is 3. The second-order valence-electron chi connectivity index (χ2n) is 5.11. The summed E-state index contributed by atoms with van der Waals surface area (Å²) in [6, 6.07) is 10.2. The molecular formula is C17H15BrFN5O. The number of pyridine rings is 1. The molecule has 0 aliphatic heterocycles. The SMILES string of the molecule is OCCNc1nc(Nc2ccc(Br)c(F)c2)cc(-c2cccnc2)n1. The van der Waals surface area contributed by atoms with E-state index in [0.29, 0.717) is 34.2 Å². The molecule has 128 valence electrons. The zero-order valence-electron chi connectivity index (χ0n) is 13.1. The fourth-order valence-corrected chi connectivity index (χ4v) is 2.39. The highest BCUT2D eigenvalue weighted by Crippen LogP contribution is 2.25. The molecular weight excluding hydrogens is 389 g/mol. The molecule has 0 amide bonds. The van der Waals surface area contributed by atoms with Gasteiger partial charge in [-0.3, -0.25) is 4.98 Å². The van der Waals surface area contributed by atoms with Gasteiger partial charge in [0, 0.05) is 36.3 Å². The van der Waals surface area contributed by atoms with E-state index in [2.05, 4.69) is 41.5 Å². The summed E-state index contributed by atoms with van der Waals surface area (Å²) in [4.78, 5) is 12.9. The third-order valence-corrected chi connectivity index (χ3v) is 3.91. The van der Waals surface area contributed by atoms with Crippen LogP contribution in [0.4, 0.5) is 21.8 Å². The molecule has 3 rings (SSSR count). The molecule has 3 aromatic rings. The van der Waals surface area contributed by atoms with Crippen molar-refractivity contribution in [3.05, 3.63) is 59.1 Å². The lowest BCUT2D eigenvalue weighted by Gasteiger charge is -2.11. The van der Waals surface area contributed by atoms with E-state index in [9.17, 15) is 4.39 Å². The third kappa shape index (κ3) is 4.49. The Labute approximate surface area is 152 Å². The van der Waals surface area contributed by atoms with E-state index in [1.165, 1.54) is 6.07 Å².